The standard InChI is InChI=1S/C16H23N3O2/c1-4-5-11(9-17)16-18-10-14(19-16)13-7-6-12(20-2)8-15(13)21-3/h6-8,10-11H,4-5,9,17H2,1-3H3,(H,18,19). The number of H-pyrrole nitrogens is 1. The molecule has 0 aliphatic heterocycles. The van der Waals surface area contributed by atoms with E-state index in [1.54, 1.807) is 14.2 Å². The molecule has 0 saturated heterocycles. The van der Waals surface area contributed by atoms with Crippen LogP contribution >= 0.6 is 0 Å². The van der Waals surface area contributed by atoms with Gasteiger partial charge < -0.3 is 20.2 Å². The van der Waals surface area contributed by atoms with Crippen LogP contribution in [0.25, 0.3) is 11.3 Å². The monoisotopic (exact) mass is 289 g/mol. The number of nitrogens with one attached hydrogen (secondary N) is 1. The van der Waals surface area contributed by atoms with Crippen LogP contribution in [-0.4, -0.2) is 30.7 Å². The highest BCUT2D eigenvalue weighted by molar-refractivity contribution is 5.68. The first-order valence-corrected chi connectivity index (χ1v) is 7.20. The summed E-state index contributed by atoms with van der Waals surface area (Å²) >= 11 is 0. The minimum Gasteiger partial charge on any atom is -0.497 e. The van der Waals surface area contributed by atoms with Crippen LogP contribution in [0.2, 0.25) is 0 Å². The van der Waals surface area contributed by atoms with Crippen molar-refractivity contribution < 1.29 is 9.47 Å². The smallest absolute Gasteiger partial charge is 0.131 e. The fourth-order valence-corrected chi connectivity index (χ4v) is 2.42. The van der Waals surface area contributed by atoms with Gasteiger partial charge in [-0.1, -0.05) is 13.3 Å². The van der Waals surface area contributed by atoms with Gasteiger partial charge in [-0.15, -0.1) is 0 Å². The summed E-state index contributed by atoms with van der Waals surface area (Å²) in [6.07, 6.45) is 3.95. The second kappa shape index (κ2) is 7.13. The lowest BCUT2D eigenvalue weighted by Gasteiger charge is -2.11. The molecule has 1 unspecified atom stereocenters. The summed E-state index contributed by atoms with van der Waals surface area (Å²) < 4.78 is 10.7. The van der Waals surface area contributed by atoms with Gasteiger partial charge in [0.2, 0.25) is 0 Å². The molecule has 1 atom stereocenters. The summed E-state index contributed by atoms with van der Waals surface area (Å²) in [5, 5.41) is 0. The number of nitrogens with zero attached hydrogens (tertiary/aromatic N) is 1. The van der Waals surface area contributed by atoms with E-state index >= 15 is 0 Å². The molecule has 114 valence electrons. The van der Waals surface area contributed by atoms with E-state index in [-0.39, 0.29) is 5.92 Å². The number of rotatable bonds is 7. The largest absolute Gasteiger partial charge is 0.497 e. The van der Waals surface area contributed by atoms with Gasteiger partial charge in [-0.25, -0.2) is 4.98 Å². The van der Waals surface area contributed by atoms with Gasteiger partial charge in [-0.3, -0.25) is 0 Å². The van der Waals surface area contributed by atoms with Crippen LogP contribution in [0.4, 0.5) is 0 Å². The fraction of sp³-hybridized carbons (Fsp3) is 0.438. The van der Waals surface area contributed by atoms with E-state index in [0.717, 1.165) is 41.4 Å². The van der Waals surface area contributed by atoms with Crippen molar-refractivity contribution >= 4 is 0 Å². The zero-order valence-electron chi connectivity index (χ0n) is 12.8. The second-order valence-electron chi connectivity index (χ2n) is 4.97. The van der Waals surface area contributed by atoms with Crippen LogP contribution in [0.3, 0.4) is 0 Å². The number of hydrogen-bond acceptors (Lipinski definition) is 4. The molecule has 2 rings (SSSR count). The normalized spacial score (nSPS) is 12.2. The van der Waals surface area contributed by atoms with Crippen molar-refractivity contribution in [2.45, 2.75) is 25.7 Å². The molecule has 0 radical (unpaired) electrons. The number of imidazole rings is 1. The average molecular weight is 289 g/mol. The molecular formula is C16H23N3O2. The fourth-order valence-electron chi connectivity index (χ4n) is 2.42. The predicted molar refractivity (Wildman–Crippen MR) is 83.8 cm³/mol. The van der Waals surface area contributed by atoms with Gasteiger partial charge in [-0.05, 0) is 18.6 Å². The number of nitrogens with two attached hydrogens (primary N) is 1. The molecule has 1 aromatic carbocycles. The molecule has 2 aromatic rings. The van der Waals surface area contributed by atoms with Crippen molar-refractivity contribution in [1.29, 1.82) is 0 Å². The maximum Gasteiger partial charge on any atom is 0.131 e. The average Bonchev–Trinajstić information content (AvgIpc) is 3.01. The van der Waals surface area contributed by atoms with E-state index in [2.05, 4.69) is 16.9 Å². The lowest BCUT2D eigenvalue weighted by Crippen LogP contribution is -2.13. The molecule has 3 N–H and O–H groups in total. The van der Waals surface area contributed by atoms with Crippen molar-refractivity contribution in [3.63, 3.8) is 0 Å². The summed E-state index contributed by atoms with van der Waals surface area (Å²) in [4.78, 5) is 7.84. The number of aromatic amines is 1. The van der Waals surface area contributed by atoms with Gasteiger partial charge in [0.05, 0.1) is 26.1 Å². The van der Waals surface area contributed by atoms with E-state index in [1.807, 2.05) is 24.4 Å². The van der Waals surface area contributed by atoms with E-state index < -0.39 is 0 Å². The highest BCUT2D eigenvalue weighted by atomic mass is 16.5. The Morgan fingerprint density at radius 2 is 2.10 bits per heavy atom. The molecule has 0 fully saturated rings. The Hall–Kier alpha value is -2.01. The Morgan fingerprint density at radius 3 is 2.71 bits per heavy atom. The SMILES string of the molecule is CCCC(CN)c1ncc(-c2ccc(OC)cc2OC)[nH]1. The summed E-state index contributed by atoms with van der Waals surface area (Å²) in [6, 6.07) is 5.74. The first kappa shape index (κ1) is 15.4. The van der Waals surface area contributed by atoms with Gasteiger partial charge in [0.15, 0.2) is 0 Å². The van der Waals surface area contributed by atoms with Crippen molar-refractivity contribution in [2.24, 2.45) is 5.73 Å². The second-order valence-corrected chi connectivity index (χ2v) is 4.97. The molecule has 5 nitrogen and oxygen atoms in total. The maximum absolute atomic E-state index is 5.83. The molecule has 0 spiro atoms. The summed E-state index contributed by atoms with van der Waals surface area (Å²) in [5.41, 5.74) is 7.72. The molecule has 0 aliphatic carbocycles. The molecule has 0 bridgehead atoms. The molecular weight excluding hydrogens is 266 g/mol. The highest BCUT2D eigenvalue weighted by Gasteiger charge is 2.15. The summed E-state index contributed by atoms with van der Waals surface area (Å²) in [7, 11) is 3.29. The van der Waals surface area contributed by atoms with Crippen molar-refractivity contribution in [3.8, 4) is 22.8 Å². The minimum atomic E-state index is 0.271. The number of hydrogen-bond donors (Lipinski definition) is 2. The molecule has 1 heterocycles. The Bertz CT molecular complexity index is 581. The molecule has 21 heavy (non-hydrogen) atoms. The van der Waals surface area contributed by atoms with Gasteiger partial charge in [-0.2, -0.15) is 0 Å². The molecule has 0 amide bonds. The molecule has 0 aliphatic rings. The van der Waals surface area contributed by atoms with E-state index in [0.29, 0.717) is 6.54 Å². The maximum atomic E-state index is 5.83. The van der Waals surface area contributed by atoms with Crippen LogP contribution < -0.4 is 15.2 Å². The van der Waals surface area contributed by atoms with Crippen LogP contribution in [-0.2, 0) is 0 Å². The third-order valence-electron chi connectivity index (χ3n) is 3.60. The quantitative estimate of drug-likeness (QED) is 0.822. The van der Waals surface area contributed by atoms with Crippen molar-refractivity contribution in [1.82, 2.24) is 9.97 Å². The van der Waals surface area contributed by atoms with Crippen LogP contribution in [0.1, 0.15) is 31.5 Å². The Kier molecular flexibility index (Phi) is 5.22. The Morgan fingerprint density at radius 1 is 1.29 bits per heavy atom. The topological polar surface area (TPSA) is 73.2 Å². The molecule has 0 saturated carbocycles. The first-order chi connectivity index (χ1) is 10.2. The Labute approximate surface area is 125 Å². The van der Waals surface area contributed by atoms with Crippen molar-refractivity contribution in [2.75, 3.05) is 20.8 Å². The summed E-state index contributed by atoms with van der Waals surface area (Å²) in [5.74, 6) is 2.73. The lowest BCUT2D eigenvalue weighted by molar-refractivity contribution is 0.395. The van der Waals surface area contributed by atoms with E-state index in [9.17, 15) is 0 Å². The highest BCUT2D eigenvalue weighted by Crippen LogP contribution is 2.33. The molecule has 1 aromatic heterocycles. The van der Waals surface area contributed by atoms with Crippen LogP contribution in [0.5, 0.6) is 11.5 Å². The van der Waals surface area contributed by atoms with Crippen LogP contribution in [0.15, 0.2) is 24.4 Å². The predicted octanol–water partition coefficient (Wildman–Crippen LogP) is 2.94. The van der Waals surface area contributed by atoms with Crippen LogP contribution in [0, 0.1) is 0 Å². The zero-order chi connectivity index (χ0) is 15.2. The van der Waals surface area contributed by atoms with E-state index in [4.69, 9.17) is 15.2 Å². The lowest BCUT2D eigenvalue weighted by atomic mass is 10.0. The third-order valence-corrected chi connectivity index (χ3v) is 3.60. The third kappa shape index (κ3) is 3.36. The summed E-state index contributed by atoms with van der Waals surface area (Å²) in [6.45, 7) is 2.75. The van der Waals surface area contributed by atoms with E-state index in [1.165, 1.54) is 0 Å². The molecule has 5 heteroatoms. The number of benzene rings is 1. The number of methoxy groups -OCH3 is 2. The van der Waals surface area contributed by atoms with Gasteiger partial charge in [0.1, 0.15) is 17.3 Å². The minimum absolute atomic E-state index is 0.271. The zero-order valence-corrected chi connectivity index (χ0v) is 12.8. The van der Waals surface area contributed by atoms with Crippen molar-refractivity contribution in [3.05, 3.63) is 30.2 Å². The van der Waals surface area contributed by atoms with Gasteiger partial charge in [0, 0.05) is 24.1 Å². The van der Waals surface area contributed by atoms with Gasteiger partial charge in [0.25, 0.3) is 0 Å². The number of ether oxygens (including phenoxy) is 2. The first-order valence-electron chi connectivity index (χ1n) is 7.20. The van der Waals surface area contributed by atoms with Gasteiger partial charge >= 0.3 is 0 Å². The Balaban J connectivity index is 2.32. The number of aromatic nitrogens is 2.